The number of hydrogen-bond acceptors (Lipinski definition) is 3. The molecule has 0 saturated carbocycles. The molecule has 2 heterocycles. The van der Waals surface area contributed by atoms with Crippen LogP contribution in [-0.4, -0.2) is 49.8 Å². The van der Waals surface area contributed by atoms with Crippen molar-refractivity contribution < 1.29 is 4.74 Å². The molecule has 2 aliphatic heterocycles. The molecule has 2 atom stereocenters. The van der Waals surface area contributed by atoms with Crippen molar-refractivity contribution in [1.29, 1.82) is 0 Å². The predicted molar refractivity (Wildman–Crippen MR) is 57.5 cm³/mol. The minimum Gasteiger partial charge on any atom is -0.380 e. The summed E-state index contributed by atoms with van der Waals surface area (Å²) in [6.07, 6.45) is 3.84. The summed E-state index contributed by atoms with van der Waals surface area (Å²) in [4.78, 5) is 2.61. The molecule has 1 N–H and O–H groups in total. The molecule has 2 saturated heterocycles. The maximum absolute atomic E-state index is 5.54. The first-order chi connectivity index (χ1) is 6.86. The van der Waals surface area contributed by atoms with Crippen molar-refractivity contribution in [3.63, 3.8) is 0 Å². The molecule has 3 nitrogen and oxygen atoms in total. The highest BCUT2D eigenvalue weighted by Gasteiger charge is 2.23. The molecule has 2 unspecified atom stereocenters. The zero-order chi connectivity index (χ0) is 9.80. The van der Waals surface area contributed by atoms with Crippen LogP contribution in [0.15, 0.2) is 0 Å². The Morgan fingerprint density at radius 2 is 2.21 bits per heavy atom. The minimum atomic E-state index is 0.685. The van der Waals surface area contributed by atoms with Gasteiger partial charge in [0.2, 0.25) is 0 Å². The fourth-order valence-electron chi connectivity index (χ4n) is 2.40. The van der Waals surface area contributed by atoms with E-state index in [1.54, 1.807) is 0 Å². The maximum atomic E-state index is 5.54. The predicted octanol–water partition coefficient (Wildman–Crippen LogP) is 0.849. The first-order valence-corrected chi connectivity index (χ1v) is 5.91. The molecule has 0 aliphatic carbocycles. The van der Waals surface area contributed by atoms with Crippen LogP contribution in [0.25, 0.3) is 0 Å². The van der Waals surface area contributed by atoms with E-state index in [9.17, 15) is 0 Å². The smallest absolute Gasteiger partial charge is 0.0621 e. The van der Waals surface area contributed by atoms with E-state index >= 15 is 0 Å². The van der Waals surface area contributed by atoms with Crippen LogP contribution in [0.4, 0.5) is 0 Å². The number of hydrogen-bond donors (Lipinski definition) is 1. The zero-order valence-corrected chi connectivity index (χ0v) is 9.17. The van der Waals surface area contributed by atoms with Gasteiger partial charge < -0.3 is 10.1 Å². The van der Waals surface area contributed by atoms with Gasteiger partial charge in [0, 0.05) is 38.3 Å². The second-order valence-electron chi connectivity index (χ2n) is 4.55. The Morgan fingerprint density at radius 3 is 3.00 bits per heavy atom. The molecule has 0 aromatic rings. The van der Waals surface area contributed by atoms with Crippen molar-refractivity contribution >= 4 is 0 Å². The maximum Gasteiger partial charge on any atom is 0.0621 e. The molecule has 0 bridgehead atoms. The first kappa shape index (κ1) is 10.4. The molecule has 0 spiro atoms. The summed E-state index contributed by atoms with van der Waals surface area (Å²) in [6, 6.07) is 1.38. The van der Waals surface area contributed by atoms with E-state index < -0.39 is 0 Å². The van der Waals surface area contributed by atoms with Gasteiger partial charge in [0.1, 0.15) is 0 Å². The van der Waals surface area contributed by atoms with Crippen molar-refractivity contribution in [1.82, 2.24) is 10.2 Å². The van der Waals surface area contributed by atoms with Crippen LogP contribution in [0.5, 0.6) is 0 Å². The standard InChI is InChI=1S/C11H22N2O/c1-10-4-6-13(7-5-12-10)11-3-2-8-14-9-11/h10-12H,2-9H2,1H3. The van der Waals surface area contributed by atoms with E-state index in [-0.39, 0.29) is 0 Å². The Kier molecular flexibility index (Phi) is 3.79. The summed E-state index contributed by atoms with van der Waals surface area (Å²) in [5.74, 6) is 0. The molecule has 2 rings (SSSR count). The van der Waals surface area contributed by atoms with Crippen LogP contribution < -0.4 is 5.32 Å². The second kappa shape index (κ2) is 5.10. The Bertz CT molecular complexity index is 169. The molecule has 0 radical (unpaired) electrons. The van der Waals surface area contributed by atoms with Crippen molar-refractivity contribution in [2.75, 3.05) is 32.8 Å². The van der Waals surface area contributed by atoms with Gasteiger partial charge in [-0.05, 0) is 26.2 Å². The number of nitrogens with zero attached hydrogens (tertiary/aromatic N) is 1. The van der Waals surface area contributed by atoms with Gasteiger partial charge in [0.05, 0.1) is 6.61 Å². The molecule has 3 heteroatoms. The molecule has 0 amide bonds. The number of rotatable bonds is 1. The van der Waals surface area contributed by atoms with E-state index in [2.05, 4.69) is 17.1 Å². The highest BCUT2D eigenvalue weighted by Crippen LogP contribution is 2.15. The summed E-state index contributed by atoms with van der Waals surface area (Å²) in [5.41, 5.74) is 0. The Hall–Kier alpha value is -0.120. The van der Waals surface area contributed by atoms with Gasteiger partial charge in [-0.1, -0.05) is 0 Å². The van der Waals surface area contributed by atoms with Gasteiger partial charge in [0.25, 0.3) is 0 Å². The zero-order valence-electron chi connectivity index (χ0n) is 9.17. The van der Waals surface area contributed by atoms with E-state index in [0.717, 1.165) is 19.8 Å². The van der Waals surface area contributed by atoms with Crippen molar-refractivity contribution in [3.05, 3.63) is 0 Å². The first-order valence-electron chi connectivity index (χ1n) is 5.91. The van der Waals surface area contributed by atoms with E-state index in [0.29, 0.717) is 12.1 Å². The third-order valence-electron chi connectivity index (χ3n) is 3.39. The molecule has 2 aliphatic rings. The summed E-state index contributed by atoms with van der Waals surface area (Å²) in [6.45, 7) is 7.77. The third-order valence-corrected chi connectivity index (χ3v) is 3.39. The SMILES string of the molecule is CC1CCN(C2CCCOC2)CCN1. The average molecular weight is 198 g/mol. The van der Waals surface area contributed by atoms with Gasteiger partial charge in [-0.25, -0.2) is 0 Å². The fraction of sp³-hybridized carbons (Fsp3) is 1.00. The van der Waals surface area contributed by atoms with Gasteiger partial charge in [-0.3, -0.25) is 4.90 Å². The topological polar surface area (TPSA) is 24.5 Å². The second-order valence-corrected chi connectivity index (χ2v) is 4.55. The van der Waals surface area contributed by atoms with E-state index in [1.165, 1.54) is 32.4 Å². The summed E-state index contributed by atoms with van der Waals surface area (Å²) in [7, 11) is 0. The molecule has 14 heavy (non-hydrogen) atoms. The van der Waals surface area contributed by atoms with E-state index in [1.807, 2.05) is 0 Å². The largest absolute Gasteiger partial charge is 0.380 e. The van der Waals surface area contributed by atoms with Crippen LogP contribution in [0, 0.1) is 0 Å². The fourth-order valence-corrected chi connectivity index (χ4v) is 2.40. The Morgan fingerprint density at radius 1 is 1.29 bits per heavy atom. The quantitative estimate of drug-likeness (QED) is 0.676. The number of ether oxygens (including phenoxy) is 1. The lowest BCUT2D eigenvalue weighted by Gasteiger charge is -2.33. The van der Waals surface area contributed by atoms with Crippen LogP contribution in [0.2, 0.25) is 0 Å². The van der Waals surface area contributed by atoms with Crippen LogP contribution in [0.3, 0.4) is 0 Å². The molecule has 82 valence electrons. The van der Waals surface area contributed by atoms with Crippen molar-refractivity contribution in [3.8, 4) is 0 Å². The van der Waals surface area contributed by atoms with Crippen LogP contribution >= 0.6 is 0 Å². The van der Waals surface area contributed by atoms with Gasteiger partial charge in [-0.15, -0.1) is 0 Å². The molecular formula is C11H22N2O. The molecule has 0 aromatic heterocycles. The lowest BCUT2D eigenvalue weighted by molar-refractivity contribution is 0.0201. The van der Waals surface area contributed by atoms with Gasteiger partial charge >= 0.3 is 0 Å². The van der Waals surface area contributed by atoms with Crippen molar-refractivity contribution in [2.45, 2.75) is 38.3 Å². The summed E-state index contributed by atoms with van der Waals surface area (Å²) in [5, 5.41) is 3.53. The normalized spacial score (nSPS) is 36.6. The molecule has 0 aromatic carbocycles. The lowest BCUT2D eigenvalue weighted by Crippen LogP contribution is -2.42. The average Bonchev–Trinajstić information content (AvgIpc) is 2.44. The monoisotopic (exact) mass is 198 g/mol. The van der Waals surface area contributed by atoms with E-state index in [4.69, 9.17) is 4.74 Å². The lowest BCUT2D eigenvalue weighted by atomic mass is 10.1. The van der Waals surface area contributed by atoms with Gasteiger partial charge in [0.15, 0.2) is 0 Å². The highest BCUT2D eigenvalue weighted by molar-refractivity contribution is 4.79. The third kappa shape index (κ3) is 2.69. The molecule has 2 fully saturated rings. The highest BCUT2D eigenvalue weighted by atomic mass is 16.5. The Labute approximate surface area is 86.8 Å². The van der Waals surface area contributed by atoms with Crippen LogP contribution in [-0.2, 0) is 4.74 Å². The van der Waals surface area contributed by atoms with Crippen molar-refractivity contribution in [2.24, 2.45) is 0 Å². The number of nitrogens with one attached hydrogen (secondary N) is 1. The van der Waals surface area contributed by atoms with Crippen LogP contribution in [0.1, 0.15) is 26.2 Å². The summed E-state index contributed by atoms with van der Waals surface area (Å²) < 4.78 is 5.54. The minimum absolute atomic E-state index is 0.685. The Balaban J connectivity index is 1.83. The molecular weight excluding hydrogens is 176 g/mol. The van der Waals surface area contributed by atoms with Gasteiger partial charge in [-0.2, -0.15) is 0 Å². The summed E-state index contributed by atoms with van der Waals surface area (Å²) >= 11 is 0.